The van der Waals surface area contributed by atoms with Crippen LogP contribution in [0.25, 0.3) is 0 Å². The van der Waals surface area contributed by atoms with Crippen LogP contribution < -0.4 is 15.1 Å². The van der Waals surface area contributed by atoms with E-state index in [-0.39, 0.29) is 28.6 Å². The van der Waals surface area contributed by atoms with E-state index in [0.717, 1.165) is 17.0 Å². The van der Waals surface area contributed by atoms with Crippen molar-refractivity contribution in [1.82, 2.24) is 5.32 Å². The fraction of sp³-hybridized carbons (Fsp3) is 0.158. The van der Waals surface area contributed by atoms with Crippen LogP contribution in [0.2, 0.25) is 0 Å². The van der Waals surface area contributed by atoms with Crippen molar-refractivity contribution in [3.05, 3.63) is 58.9 Å². The first-order valence-corrected chi connectivity index (χ1v) is 8.76. The Balaban J connectivity index is 1.97. The zero-order valence-electron chi connectivity index (χ0n) is 15.2. The fourth-order valence-corrected chi connectivity index (χ4v) is 3.33. The number of rotatable bonds is 3. The summed E-state index contributed by atoms with van der Waals surface area (Å²) < 4.78 is 54.0. The molecule has 0 atom stereocenters. The Bertz CT molecular complexity index is 1110. The Morgan fingerprint density at radius 2 is 1.87 bits per heavy atom. The summed E-state index contributed by atoms with van der Waals surface area (Å²) in [6.45, 7) is -0.334. The average Bonchev–Trinajstić information content (AvgIpc) is 3.00. The highest BCUT2D eigenvalue weighted by Crippen LogP contribution is 2.36. The van der Waals surface area contributed by atoms with Crippen molar-refractivity contribution in [3.8, 4) is 6.07 Å². The number of benzene rings is 2. The predicted octanol–water partition coefficient (Wildman–Crippen LogP) is 3.21. The van der Waals surface area contributed by atoms with Crippen LogP contribution in [0.1, 0.15) is 21.5 Å². The van der Waals surface area contributed by atoms with Gasteiger partial charge in [0.25, 0.3) is 11.8 Å². The third-order valence-electron chi connectivity index (χ3n) is 4.39. The number of anilines is 2. The van der Waals surface area contributed by atoms with Crippen molar-refractivity contribution in [2.75, 3.05) is 23.4 Å². The number of amides is 2. The van der Waals surface area contributed by atoms with E-state index in [1.54, 1.807) is 0 Å². The van der Waals surface area contributed by atoms with Gasteiger partial charge in [-0.3, -0.25) is 14.5 Å². The van der Waals surface area contributed by atoms with Crippen LogP contribution in [0.15, 0.2) is 36.4 Å². The number of nitrogens with zero attached hydrogens (tertiary/aromatic N) is 3. The summed E-state index contributed by atoms with van der Waals surface area (Å²) in [6.07, 6.45) is -4.80. The molecule has 11 heteroatoms. The maximum atomic E-state index is 14.3. The molecule has 1 heterocycles. The summed E-state index contributed by atoms with van der Waals surface area (Å²) in [5, 5.41) is 11.0. The second kappa shape index (κ2) is 7.72. The molecule has 2 amide bonds. The minimum absolute atomic E-state index is 0.158. The van der Waals surface area contributed by atoms with E-state index >= 15 is 0 Å². The van der Waals surface area contributed by atoms with Gasteiger partial charge in [-0.2, -0.15) is 18.4 Å². The van der Waals surface area contributed by atoms with Crippen molar-refractivity contribution in [2.45, 2.75) is 6.18 Å². The van der Waals surface area contributed by atoms with Gasteiger partial charge in [-0.15, -0.1) is 0 Å². The SMILES string of the molecule is CNC(=O)c1ccc(N2CC(=O)N(c3ccc(C#N)c(C(F)(F)F)c3)C2=S)cc1F. The molecule has 3 rings (SSSR count). The van der Waals surface area contributed by atoms with Gasteiger partial charge >= 0.3 is 6.18 Å². The number of halogens is 4. The van der Waals surface area contributed by atoms with Gasteiger partial charge in [0.05, 0.1) is 28.4 Å². The van der Waals surface area contributed by atoms with Crippen LogP contribution in [0, 0.1) is 17.1 Å². The Hall–Kier alpha value is -3.52. The Labute approximate surface area is 173 Å². The molecule has 6 nitrogen and oxygen atoms in total. The number of nitrogens with one attached hydrogen (secondary N) is 1. The highest BCUT2D eigenvalue weighted by atomic mass is 32.1. The van der Waals surface area contributed by atoms with Crippen LogP contribution in [0.5, 0.6) is 0 Å². The van der Waals surface area contributed by atoms with E-state index in [4.69, 9.17) is 17.5 Å². The third kappa shape index (κ3) is 3.69. The standard InChI is InChI=1S/C19H12F4N4O2S/c1-25-17(29)13-5-4-11(7-15(13)20)26-9-16(28)27(18(26)30)12-3-2-10(8-24)14(6-12)19(21,22)23/h2-7H,9H2,1H3,(H,25,29). The molecule has 1 aliphatic heterocycles. The molecule has 1 fully saturated rings. The van der Waals surface area contributed by atoms with Crippen LogP contribution in [-0.4, -0.2) is 30.5 Å². The lowest BCUT2D eigenvalue weighted by Gasteiger charge is -2.21. The monoisotopic (exact) mass is 436 g/mol. The molecule has 1 saturated heterocycles. The van der Waals surface area contributed by atoms with Gasteiger partial charge in [-0.25, -0.2) is 4.39 Å². The summed E-state index contributed by atoms with van der Waals surface area (Å²) >= 11 is 5.23. The molecule has 30 heavy (non-hydrogen) atoms. The van der Waals surface area contributed by atoms with E-state index in [9.17, 15) is 27.2 Å². The van der Waals surface area contributed by atoms with Crippen molar-refractivity contribution < 1.29 is 27.2 Å². The molecule has 2 aromatic rings. The maximum absolute atomic E-state index is 14.3. The second-order valence-electron chi connectivity index (χ2n) is 6.18. The van der Waals surface area contributed by atoms with Crippen molar-refractivity contribution in [2.24, 2.45) is 0 Å². The van der Waals surface area contributed by atoms with Gasteiger partial charge in [0, 0.05) is 12.7 Å². The first-order chi connectivity index (χ1) is 14.1. The van der Waals surface area contributed by atoms with Crippen LogP contribution in [0.4, 0.5) is 28.9 Å². The first-order valence-electron chi connectivity index (χ1n) is 8.36. The summed E-state index contributed by atoms with van der Waals surface area (Å²) in [5.41, 5.74) is -2.01. The van der Waals surface area contributed by atoms with Gasteiger partial charge < -0.3 is 10.2 Å². The molecule has 0 aliphatic carbocycles. The molecule has 154 valence electrons. The molecule has 0 spiro atoms. The average molecular weight is 436 g/mol. The van der Waals surface area contributed by atoms with Crippen molar-refractivity contribution in [1.29, 1.82) is 5.26 Å². The van der Waals surface area contributed by atoms with Crippen LogP contribution >= 0.6 is 12.2 Å². The minimum atomic E-state index is -4.80. The maximum Gasteiger partial charge on any atom is 0.417 e. The number of nitriles is 1. The molecule has 0 radical (unpaired) electrons. The zero-order chi connectivity index (χ0) is 22.2. The van der Waals surface area contributed by atoms with Crippen molar-refractivity contribution in [3.63, 3.8) is 0 Å². The topological polar surface area (TPSA) is 76.4 Å². The summed E-state index contributed by atoms with van der Waals surface area (Å²) in [7, 11) is 1.34. The molecule has 1 aliphatic rings. The van der Waals surface area contributed by atoms with E-state index in [2.05, 4.69) is 5.32 Å². The molecule has 2 aromatic carbocycles. The smallest absolute Gasteiger partial charge is 0.355 e. The Morgan fingerprint density at radius 3 is 2.43 bits per heavy atom. The fourth-order valence-electron chi connectivity index (χ4n) is 2.95. The summed E-state index contributed by atoms with van der Waals surface area (Å²) in [4.78, 5) is 26.2. The van der Waals surface area contributed by atoms with E-state index in [0.29, 0.717) is 6.07 Å². The summed E-state index contributed by atoms with van der Waals surface area (Å²) in [5.74, 6) is -2.12. The van der Waals surface area contributed by atoms with Crippen LogP contribution in [-0.2, 0) is 11.0 Å². The lowest BCUT2D eigenvalue weighted by Crippen LogP contribution is -2.33. The Morgan fingerprint density at radius 1 is 1.20 bits per heavy atom. The van der Waals surface area contributed by atoms with Gasteiger partial charge in [0.2, 0.25) is 0 Å². The molecular weight excluding hydrogens is 424 g/mol. The lowest BCUT2D eigenvalue weighted by atomic mass is 10.1. The van der Waals surface area contributed by atoms with Gasteiger partial charge in [-0.1, -0.05) is 0 Å². The number of alkyl halides is 3. The summed E-state index contributed by atoms with van der Waals surface area (Å²) in [6, 6.07) is 7.85. The highest BCUT2D eigenvalue weighted by Gasteiger charge is 2.38. The quantitative estimate of drug-likeness (QED) is 0.591. The lowest BCUT2D eigenvalue weighted by molar-refractivity contribution is -0.137. The van der Waals surface area contributed by atoms with Crippen LogP contribution in [0.3, 0.4) is 0 Å². The zero-order valence-corrected chi connectivity index (χ0v) is 16.1. The predicted molar refractivity (Wildman–Crippen MR) is 103 cm³/mol. The van der Waals surface area contributed by atoms with Gasteiger partial charge in [0.1, 0.15) is 12.4 Å². The molecule has 0 aromatic heterocycles. The van der Waals surface area contributed by atoms with E-state index < -0.39 is 34.9 Å². The van der Waals surface area contributed by atoms with Gasteiger partial charge in [0.15, 0.2) is 5.11 Å². The molecule has 0 saturated carbocycles. The minimum Gasteiger partial charge on any atom is -0.355 e. The van der Waals surface area contributed by atoms with E-state index in [1.807, 2.05) is 0 Å². The third-order valence-corrected chi connectivity index (χ3v) is 4.79. The largest absolute Gasteiger partial charge is 0.417 e. The first kappa shape index (κ1) is 21.2. The molecule has 0 bridgehead atoms. The number of hydrogen-bond acceptors (Lipinski definition) is 4. The highest BCUT2D eigenvalue weighted by molar-refractivity contribution is 7.81. The van der Waals surface area contributed by atoms with Gasteiger partial charge in [-0.05, 0) is 48.6 Å². The number of carbonyl (C=O) groups excluding carboxylic acids is 2. The molecule has 1 N–H and O–H groups in total. The number of hydrogen-bond donors (Lipinski definition) is 1. The number of carbonyl (C=O) groups is 2. The molecule has 0 unspecified atom stereocenters. The second-order valence-corrected chi connectivity index (χ2v) is 6.55. The Kier molecular flexibility index (Phi) is 5.45. The number of thiocarbonyl (C=S) groups is 1. The normalized spacial score (nSPS) is 14.1. The van der Waals surface area contributed by atoms with E-state index in [1.165, 1.54) is 36.2 Å². The molecular formula is C19H12F4N4O2S. The van der Waals surface area contributed by atoms with Crippen molar-refractivity contribution >= 4 is 40.5 Å².